The number of nitrogens with zero attached hydrogens (tertiary/aromatic N) is 1. The molecule has 4 nitrogen and oxygen atoms in total. The molecule has 2 rings (SSSR count). The van der Waals surface area contributed by atoms with Crippen LogP contribution in [-0.4, -0.2) is 44.1 Å². The molecule has 1 aromatic rings. The SMILES string of the molecule is CCNC(=NCCC1CCCO1)NCCSc1ccccc1. The van der Waals surface area contributed by atoms with Gasteiger partial charge in [0.25, 0.3) is 0 Å². The second-order valence-electron chi connectivity index (χ2n) is 5.27. The first-order valence-corrected chi connectivity index (χ1v) is 9.18. The van der Waals surface area contributed by atoms with E-state index in [2.05, 4.69) is 46.8 Å². The molecule has 0 radical (unpaired) electrons. The summed E-state index contributed by atoms with van der Waals surface area (Å²) in [6.07, 6.45) is 3.83. The lowest BCUT2D eigenvalue weighted by Gasteiger charge is -2.12. The fourth-order valence-electron chi connectivity index (χ4n) is 2.39. The zero-order valence-electron chi connectivity index (χ0n) is 13.4. The quantitative estimate of drug-likeness (QED) is 0.334. The van der Waals surface area contributed by atoms with Crippen molar-refractivity contribution in [3.63, 3.8) is 0 Å². The third-order valence-electron chi connectivity index (χ3n) is 3.50. The van der Waals surface area contributed by atoms with Crippen molar-refractivity contribution >= 4 is 17.7 Å². The number of hydrogen-bond acceptors (Lipinski definition) is 3. The van der Waals surface area contributed by atoms with Crippen molar-refractivity contribution in [3.8, 4) is 0 Å². The molecule has 0 bridgehead atoms. The summed E-state index contributed by atoms with van der Waals surface area (Å²) < 4.78 is 5.63. The highest BCUT2D eigenvalue weighted by Crippen LogP contribution is 2.16. The number of thioether (sulfide) groups is 1. The second-order valence-corrected chi connectivity index (χ2v) is 6.44. The molecule has 5 heteroatoms. The lowest BCUT2D eigenvalue weighted by Crippen LogP contribution is -2.38. The lowest BCUT2D eigenvalue weighted by atomic mass is 10.2. The van der Waals surface area contributed by atoms with E-state index >= 15 is 0 Å². The molecule has 1 heterocycles. The van der Waals surface area contributed by atoms with Crippen molar-refractivity contribution in [1.82, 2.24) is 10.6 Å². The number of hydrogen-bond donors (Lipinski definition) is 2. The van der Waals surface area contributed by atoms with E-state index in [9.17, 15) is 0 Å². The molecule has 0 amide bonds. The number of aliphatic imine (C=N–C) groups is 1. The van der Waals surface area contributed by atoms with Crippen LogP contribution in [0.25, 0.3) is 0 Å². The Hall–Kier alpha value is -1.20. The van der Waals surface area contributed by atoms with Gasteiger partial charge in [0.1, 0.15) is 0 Å². The Balaban J connectivity index is 1.64. The fraction of sp³-hybridized carbons (Fsp3) is 0.588. The molecular weight excluding hydrogens is 294 g/mol. The zero-order chi connectivity index (χ0) is 15.5. The van der Waals surface area contributed by atoms with Gasteiger partial charge in [-0.15, -0.1) is 11.8 Å². The minimum absolute atomic E-state index is 0.417. The van der Waals surface area contributed by atoms with Crippen LogP contribution in [0.15, 0.2) is 40.2 Å². The van der Waals surface area contributed by atoms with E-state index in [1.165, 1.54) is 17.7 Å². The summed E-state index contributed by atoms with van der Waals surface area (Å²) in [6.45, 7) is 5.63. The largest absolute Gasteiger partial charge is 0.378 e. The lowest BCUT2D eigenvalue weighted by molar-refractivity contribution is 0.106. The maximum absolute atomic E-state index is 5.63. The number of rotatable bonds is 8. The molecule has 22 heavy (non-hydrogen) atoms. The van der Waals surface area contributed by atoms with Crippen LogP contribution < -0.4 is 10.6 Å². The molecule has 1 atom stereocenters. The Morgan fingerprint density at radius 3 is 2.91 bits per heavy atom. The summed E-state index contributed by atoms with van der Waals surface area (Å²) in [6, 6.07) is 10.5. The van der Waals surface area contributed by atoms with Gasteiger partial charge in [-0.2, -0.15) is 0 Å². The predicted octanol–water partition coefficient (Wildman–Crippen LogP) is 2.90. The normalized spacial score (nSPS) is 18.4. The maximum atomic E-state index is 5.63. The van der Waals surface area contributed by atoms with Gasteiger partial charge < -0.3 is 15.4 Å². The molecule has 1 aliphatic heterocycles. The minimum atomic E-state index is 0.417. The molecule has 1 unspecified atom stereocenters. The van der Waals surface area contributed by atoms with Gasteiger partial charge >= 0.3 is 0 Å². The second kappa shape index (κ2) is 10.5. The molecule has 1 aromatic carbocycles. The first-order valence-electron chi connectivity index (χ1n) is 8.20. The van der Waals surface area contributed by atoms with Gasteiger partial charge in [-0.05, 0) is 38.3 Å². The Morgan fingerprint density at radius 1 is 1.32 bits per heavy atom. The number of ether oxygens (including phenoxy) is 1. The molecule has 1 aliphatic rings. The molecule has 0 saturated carbocycles. The van der Waals surface area contributed by atoms with E-state index in [0.29, 0.717) is 6.10 Å². The van der Waals surface area contributed by atoms with Crippen LogP contribution in [0.5, 0.6) is 0 Å². The Labute approximate surface area is 138 Å². The van der Waals surface area contributed by atoms with Gasteiger partial charge in [-0.1, -0.05) is 18.2 Å². The van der Waals surface area contributed by atoms with Crippen molar-refractivity contribution in [3.05, 3.63) is 30.3 Å². The summed E-state index contributed by atoms with van der Waals surface area (Å²) in [5.74, 6) is 1.94. The molecule has 1 fully saturated rings. The Morgan fingerprint density at radius 2 is 2.18 bits per heavy atom. The number of benzene rings is 1. The molecular formula is C17H27N3OS. The third-order valence-corrected chi connectivity index (χ3v) is 4.51. The molecule has 2 N–H and O–H groups in total. The smallest absolute Gasteiger partial charge is 0.191 e. The van der Waals surface area contributed by atoms with Gasteiger partial charge in [0.2, 0.25) is 0 Å². The number of nitrogens with one attached hydrogen (secondary N) is 2. The Bertz CT molecular complexity index is 433. The van der Waals surface area contributed by atoms with E-state index in [1.807, 2.05) is 17.8 Å². The zero-order valence-corrected chi connectivity index (χ0v) is 14.2. The average molecular weight is 321 g/mol. The maximum Gasteiger partial charge on any atom is 0.191 e. The molecule has 0 spiro atoms. The standard InChI is InChI=1S/C17H27N3OS/c1-2-18-17(19-11-10-15-7-6-13-21-15)20-12-14-22-16-8-4-3-5-9-16/h3-5,8-9,15H,2,6-7,10-14H2,1H3,(H2,18,19,20). The molecule has 122 valence electrons. The van der Waals surface area contributed by atoms with Crippen LogP contribution in [0.2, 0.25) is 0 Å². The Kier molecular flexibility index (Phi) is 8.20. The minimum Gasteiger partial charge on any atom is -0.378 e. The van der Waals surface area contributed by atoms with Gasteiger partial charge in [-0.25, -0.2) is 0 Å². The van der Waals surface area contributed by atoms with Gasteiger partial charge in [0, 0.05) is 36.9 Å². The van der Waals surface area contributed by atoms with Crippen LogP contribution in [0, 0.1) is 0 Å². The van der Waals surface area contributed by atoms with E-state index in [-0.39, 0.29) is 0 Å². The summed E-state index contributed by atoms with van der Waals surface area (Å²) in [7, 11) is 0. The summed E-state index contributed by atoms with van der Waals surface area (Å²) in [4.78, 5) is 5.94. The van der Waals surface area contributed by atoms with Crippen molar-refractivity contribution in [2.45, 2.75) is 37.2 Å². The van der Waals surface area contributed by atoms with Gasteiger partial charge in [0.15, 0.2) is 5.96 Å². The average Bonchev–Trinajstić information content (AvgIpc) is 3.06. The van der Waals surface area contributed by atoms with Crippen LogP contribution in [0.3, 0.4) is 0 Å². The highest BCUT2D eigenvalue weighted by molar-refractivity contribution is 7.99. The van der Waals surface area contributed by atoms with E-state index in [0.717, 1.165) is 44.4 Å². The first kappa shape index (κ1) is 17.2. The van der Waals surface area contributed by atoms with Crippen LogP contribution in [-0.2, 0) is 4.74 Å². The van der Waals surface area contributed by atoms with E-state index in [4.69, 9.17) is 4.74 Å². The van der Waals surface area contributed by atoms with Crippen molar-refractivity contribution < 1.29 is 4.74 Å². The van der Waals surface area contributed by atoms with Crippen molar-refractivity contribution in [2.24, 2.45) is 4.99 Å². The topological polar surface area (TPSA) is 45.7 Å². The number of guanidine groups is 1. The van der Waals surface area contributed by atoms with E-state index < -0.39 is 0 Å². The summed E-state index contributed by atoms with van der Waals surface area (Å²) >= 11 is 1.86. The third kappa shape index (κ3) is 6.71. The predicted molar refractivity (Wildman–Crippen MR) is 94.7 cm³/mol. The fourth-order valence-corrected chi connectivity index (χ4v) is 3.18. The molecule has 0 aliphatic carbocycles. The highest BCUT2D eigenvalue weighted by atomic mass is 32.2. The molecule has 0 aromatic heterocycles. The van der Waals surface area contributed by atoms with Gasteiger partial charge in [-0.3, -0.25) is 4.99 Å². The summed E-state index contributed by atoms with van der Waals surface area (Å²) in [5, 5.41) is 6.69. The summed E-state index contributed by atoms with van der Waals surface area (Å²) in [5.41, 5.74) is 0. The van der Waals surface area contributed by atoms with E-state index in [1.54, 1.807) is 0 Å². The van der Waals surface area contributed by atoms with Crippen LogP contribution >= 0.6 is 11.8 Å². The molecule has 1 saturated heterocycles. The van der Waals surface area contributed by atoms with Crippen molar-refractivity contribution in [2.75, 3.05) is 32.0 Å². The van der Waals surface area contributed by atoms with Crippen LogP contribution in [0.1, 0.15) is 26.2 Å². The van der Waals surface area contributed by atoms with Crippen LogP contribution in [0.4, 0.5) is 0 Å². The monoisotopic (exact) mass is 321 g/mol. The first-order chi connectivity index (χ1) is 10.9. The van der Waals surface area contributed by atoms with Crippen molar-refractivity contribution in [1.29, 1.82) is 0 Å². The van der Waals surface area contributed by atoms with Gasteiger partial charge in [0.05, 0.1) is 6.10 Å². The highest BCUT2D eigenvalue weighted by Gasteiger charge is 2.14.